The van der Waals surface area contributed by atoms with Gasteiger partial charge < -0.3 is 19.1 Å². The number of fused-ring (bicyclic) bond motifs is 1. The average Bonchev–Trinajstić information content (AvgIpc) is 2.67. The Morgan fingerprint density at radius 1 is 1.19 bits per heavy atom. The predicted octanol–water partition coefficient (Wildman–Crippen LogP) is 3.25. The Bertz CT molecular complexity index is 712. The van der Waals surface area contributed by atoms with Crippen molar-refractivity contribution in [2.24, 2.45) is 0 Å². The van der Waals surface area contributed by atoms with Crippen molar-refractivity contribution in [3.05, 3.63) is 28.8 Å². The number of carbonyl (C=O) groups is 1. The summed E-state index contributed by atoms with van der Waals surface area (Å²) in [6, 6.07) is 3.65. The minimum absolute atomic E-state index is 0.0437. The molecule has 0 atom stereocenters. The molecule has 3 aliphatic rings. The molecule has 0 bridgehead atoms. The van der Waals surface area contributed by atoms with Crippen molar-refractivity contribution in [3.8, 4) is 11.5 Å². The van der Waals surface area contributed by atoms with Gasteiger partial charge in [0.1, 0.15) is 13.2 Å². The fourth-order valence-corrected chi connectivity index (χ4v) is 5.30. The maximum atomic E-state index is 12.7. The Morgan fingerprint density at radius 2 is 2.00 bits per heavy atom. The van der Waals surface area contributed by atoms with Gasteiger partial charge in [-0.3, -0.25) is 4.79 Å². The number of hydrogen-bond donors (Lipinski definition) is 0. The van der Waals surface area contributed by atoms with Crippen molar-refractivity contribution in [2.45, 2.75) is 17.6 Å². The number of amides is 1. The molecule has 5 nitrogen and oxygen atoms in total. The number of thioether (sulfide) groups is 1. The van der Waals surface area contributed by atoms with Crippen LogP contribution in [0.2, 0.25) is 5.02 Å². The molecule has 1 amide bonds. The van der Waals surface area contributed by atoms with Crippen LogP contribution < -0.4 is 9.47 Å². The summed E-state index contributed by atoms with van der Waals surface area (Å²) in [5.74, 6) is 2.24. The van der Waals surface area contributed by atoms with E-state index < -0.39 is 0 Å². The second kappa shape index (κ2) is 7.71. The van der Waals surface area contributed by atoms with Gasteiger partial charge in [-0.05, 0) is 36.6 Å². The molecule has 140 valence electrons. The summed E-state index contributed by atoms with van der Waals surface area (Å²) in [5, 5.41) is 0.504. The average molecular weight is 396 g/mol. The summed E-state index contributed by atoms with van der Waals surface area (Å²) in [4.78, 5) is 14.6. The van der Waals surface area contributed by atoms with Crippen LogP contribution in [-0.4, -0.2) is 60.8 Å². The third-order valence-corrected chi connectivity index (χ3v) is 6.82. The fraction of sp³-hybridized carbons (Fsp3) is 0.526. The first kappa shape index (κ1) is 18.0. The number of carbonyl (C=O) groups excluding carboxylic acids is 1. The van der Waals surface area contributed by atoms with E-state index in [1.165, 1.54) is 0 Å². The van der Waals surface area contributed by atoms with Gasteiger partial charge in [0.2, 0.25) is 5.91 Å². The molecule has 0 N–H and O–H groups in total. The van der Waals surface area contributed by atoms with Gasteiger partial charge in [0.15, 0.2) is 11.5 Å². The third-order valence-electron chi connectivity index (χ3n) is 5.00. The Labute approximate surface area is 162 Å². The molecule has 0 radical (unpaired) electrons. The van der Waals surface area contributed by atoms with Crippen LogP contribution in [0.15, 0.2) is 18.2 Å². The second-order valence-corrected chi connectivity index (χ2v) is 8.73. The van der Waals surface area contributed by atoms with Crippen LogP contribution in [0.5, 0.6) is 11.5 Å². The lowest BCUT2D eigenvalue weighted by molar-refractivity contribution is -0.126. The smallest absolute Gasteiger partial charge is 0.246 e. The van der Waals surface area contributed by atoms with Crippen LogP contribution in [-0.2, 0) is 9.53 Å². The minimum atomic E-state index is 0.0437. The van der Waals surface area contributed by atoms with Crippen molar-refractivity contribution in [1.29, 1.82) is 0 Å². The Balaban J connectivity index is 1.45. The molecule has 1 aromatic carbocycles. The van der Waals surface area contributed by atoms with Crippen molar-refractivity contribution in [3.63, 3.8) is 0 Å². The molecule has 2 saturated heterocycles. The zero-order valence-electron chi connectivity index (χ0n) is 14.5. The first-order chi connectivity index (χ1) is 12.7. The quantitative estimate of drug-likeness (QED) is 0.719. The van der Waals surface area contributed by atoms with Crippen LogP contribution in [0.4, 0.5) is 0 Å². The van der Waals surface area contributed by atoms with Crippen molar-refractivity contribution < 1.29 is 19.0 Å². The van der Waals surface area contributed by atoms with E-state index in [1.807, 2.05) is 22.7 Å². The van der Waals surface area contributed by atoms with Crippen LogP contribution in [0.25, 0.3) is 6.08 Å². The van der Waals surface area contributed by atoms with Gasteiger partial charge in [0.25, 0.3) is 0 Å². The molecule has 0 aliphatic carbocycles. The van der Waals surface area contributed by atoms with E-state index in [9.17, 15) is 4.79 Å². The largest absolute Gasteiger partial charge is 0.486 e. The number of hydrogen-bond acceptors (Lipinski definition) is 5. The van der Waals surface area contributed by atoms with E-state index >= 15 is 0 Å². The normalized spacial score (nSPS) is 22.0. The van der Waals surface area contributed by atoms with Gasteiger partial charge in [-0.15, -0.1) is 0 Å². The number of benzene rings is 1. The van der Waals surface area contributed by atoms with E-state index in [1.54, 1.807) is 18.2 Å². The molecule has 1 aromatic rings. The highest BCUT2D eigenvalue weighted by Gasteiger charge is 2.38. The number of nitrogens with zero attached hydrogens (tertiary/aromatic N) is 1. The third kappa shape index (κ3) is 3.82. The van der Waals surface area contributed by atoms with E-state index in [0.717, 1.165) is 50.5 Å². The van der Waals surface area contributed by atoms with Gasteiger partial charge in [0, 0.05) is 42.9 Å². The lowest BCUT2D eigenvalue weighted by Gasteiger charge is -2.44. The molecular formula is C19H22ClNO4S. The van der Waals surface area contributed by atoms with Crippen molar-refractivity contribution in [2.75, 3.05) is 45.3 Å². The summed E-state index contributed by atoms with van der Waals surface area (Å²) < 4.78 is 16.8. The Hall–Kier alpha value is -1.37. The topological polar surface area (TPSA) is 48.0 Å². The lowest BCUT2D eigenvalue weighted by atomic mass is 9.98. The first-order valence-corrected chi connectivity index (χ1v) is 10.3. The summed E-state index contributed by atoms with van der Waals surface area (Å²) in [6.07, 6.45) is 5.46. The molecule has 7 heteroatoms. The van der Waals surface area contributed by atoms with E-state index in [-0.39, 0.29) is 10.7 Å². The standard InChI is InChI=1S/C19H22ClNO4S/c20-15-11-14(12-16-18(15)25-9-8-24-16)1-2-17(22)21-5-10-26-19(13-21)3-6-23-7-4-19/h1-2,11-12H,3-10,13H2. The lowest BCUT2D eigenvalue weighted by Crippen LogP contribution is -2.51. The zero-order valence-corrected chi connectivity index (χ0v) is 16.1. The molecule has 26 heavy (non-hydrogen) atoms. The number of rotatable bonds is 2. The van der Waals surface area contributed by atoms with Crippen LogP contribution in [0.1, 0.15) is 18.4 Å². The molecule has 0 unspecified atom stereocenters. The highest BCUT2D eigenvalue weighted by molar-refractivity contribution is 8.00. The summed E-state index contributed by atoms with van der Waals surface area (Å²) in [6.45, 7) is 4.18. The monoisotopic (exact) mass is 395 g/mol. The van der Waals surface area contributed by atoms with E-state index in [2.05, 4.69) is 0 Å². The van der Waals surface area contributed by atoms with Gasteiger partial charge in [-0.1, -0.05) is 11.6 Å². The van der Waals surface area contributed by atoms with Crippen molar-refractivity contribution in [1.82, 2.24) is 4.90 Å². The van der Waals surface area contributed by atoms with Gasteiger partial charge in [-0.25, -0.2) is 0 Å². The van der Waals surface area contributed by atoms with E-state index in [4.69, 9.17) is 25.8 Å². The highest BCUT2D eigenvalue weighted by atomic mass is 35.5. The number of halogens is 1. The molecule has 0 saturated carbocycles. The van der Waals surface area contributed by atoms with Crippen LogP contribution >= 0.6 is 23.4 Å². The predicted molar refractivity (Wildman–Crippen MR) is 103 cm³/mol. The Kier molecular flexibility index (Phi) is 5.34. The van der Waals surface area contributed by atoms with Gasteiger partial charge in [-0.2, -0.15) is 11.8 Å². The molecule has 1 spiro atoms. The Morgan fingerprint density at radius 3 is 2.85 bits per heavy atom. The minimum Gasteiger partial charge on any atom is -0.486 e. The van der Waals surface area contributed by atoms with E-state index in [0.29, 0.717) is 29.7 Å². The molecular weight excluding hydrogens is 374 g/mol. The molecule has 2 fully saturated rings. The van der Waals surface area contributed by atoms with Crippen molar-refractivity contribution >= 4 is 35.3 Å². The summed E-state index contributed by atoms with van der Waals surface area (Å²) >= 11 is 8.25. The maximum Gasteiger partial charge on any atom is 0.246 e. The van der Waals surface area contributed by atoms with Crippen LogP contribution in [0.3, 0.4) is 0 Å². The molecule has 0 aromatic heterocycles. The molecule has 3 aliphatic heterocycles. The van der Waals surface area contributed by atoms with Gasteiger partial charge in [0.05, 0.1) is 5.02 Å². The molecule has 3 heterocycles. The second-order valence-electron chi connectivity index (χ2n) is 6.76. The SMILES string of the molecule is O=C(C=Cc1cc(Cl)c2c(c1)OCCO2)N1CCSC2(CCOCC2)C1. The summed E-state index contributed by atoms with van der Waals surface area (Å²) in [5.41, 5.74) is 0.833. The molecule has 4 rings (SSSR count). The van der Waals surface area contributed by atoms with Gasteiger partial charge >= 0.3 is 0 Å². The van der Waals surface area contributed by atoms with Crippen LogP contribution in [0, 0.1) is 0 Å². The first-order valence-electron chi connectivity index (χ1n) is 8.93. The zero-order chi connectivity index (χ0) is 18.0. The fourth-order valence-electron chi connectivity index (χ4n) is 3.58. The highest BCUT2D eigenvalue weighted by Crippen LogP contribution is 2.40. The summed E-state index contributed by atoms with van der Waals surface area (Å²) in [7, 11) is 0. The maximum absolute atomic E-state index is 12.7. The number of ether oxygens (including phenoxy) is 3.